The number of halogens is 1. The molecule has 1 atom stereocenters. The lowest BCUT2D eigenvalue weighted by Gasteiger charge is -2.33. The SMILES string of the molecule is CCOc1nc2ccccc2nc1N1CCC[C@H](C(=O)Nc2ccc(Cl)cc2C)C1. The van der Waals surface area contributed by atoms with Crippen molar-refractivity contribution in [3.8, 4) is 5.88 Å². The number of para-hydroxylation sites is 2. The molecule has 1 aliphatic heterocycles. The van der Waals surface area contributed by atoms with Crippen molar-refractivity contribution in [2.45, 2.75) is 26.7 Å². The Labute approximate surface area is 181 Å². The van der Waals surface area contributed by atoms with Crippen molar-refractivity contribution in [1.82, 2.24) is 9.97 Å². The fourth-order valence-corrected chi connectivity index (χ4v) is 4.03. The third kappa shape index (κ3) is 4.33. The van der Waals surface area contributed by atoms with Gasteiger partial charge in [0.2, 0.25) is 5.91 Å². The van der Waals surface area contributed by atoms with E-state index in [0.29, 0.717) is 29.9 Å². The Hall–Kier alpha value is -2.86. The molecule has 3 aromatic rings. The van der Waals surface area contributed by atoms with Gasteiger partial charge in [-0.15, -0.1) is 0 Å². The average Bonchev–Trinajstić information content (AvgIpc) is 2.75. The highest BCUT2D eigenvalue weighted by Crippen LogP contribution is 2.31. The van der Waals surface area contributed by atoms with Crippen LogP contribution >= 0.6 is 11.6 Å². The largest absolute Gasteiger partial charge is 0.475 e. The van der Waals surface area contributed by atoms with Crippen LogP contribution in [0.5, 0.6) is 5.88 Å². The molecule has 156 valence electrons. The topological polar surface area (TPSA) is 67.4 Å². The molecule has 1 aromatic heterocycles. The third-order valence-corrected chi connectivity index (χ3v) is 5.58. The van der Waals surface area contributed by atoms with Crippen LogP contribution < -0.4 is 15.0 Å². The van der Waals surface area contributed by atoms with E-state index >= 15 is 0 Å². The second-order valence-corrected chi connectivity index (χ2v) is 7.94. The molecule has 7 heteroatoms. The lowest BCUT2D eigenvalue weighted by Crippen LogP contribution is -2.41. The molecular weight excluding hydrogens is 400 g/mol. The molecule has 1 N–H and O–H groups in total. The Bertz CT molecular complexity index is 1070. The van der Waals surface area contributed by atoms with Gasteiger partial charge in [-0.1, -0.05) is 23.7 Å². The number of aromatic nitrogens is 2. The maximum absolute atomic E-state index is 13.0. The molecule has 1 aliphatic rings. The summed E-state index contributed by atoms with van der Waals surface area (Å²) in [4.78, 5) is 24.6. The number of amides is 1. The summed E-state index contributed by atoms with van der Waals surface area (Å²) in [7, 11) is 0. The number of ether oxygens (including phenoxy) is 1. The number of carbonyl (C=O) groups excluding carboxylic acids is 1. The van der Waals surface area contributed by atoms with Crippen LogP contribution in [-0.2, 0) is 4.79 Å². The zero-order chi connectivity index (χ0) is 21.1. The Morgan fingerprint density at radius 3 is 2.73 bits per heavy atom. The Morgan fingerprint density at radius 2 is 2.00 bits per heavy atom. The predicted molar refractivity (Wildman–Crippen MR) is 120 cm³/mol. The summed E-state index contributed by atoms with van der Waals surface area (Å²) in [6.07, 6.45) is 1.73. The molecule has 0 unspecified atom stereocenters. The summed E-state index contributed by atoms with van der Waals surface area (Å²) in [6, 6.07) is 13.2. The van der Waals surface area contributed by atoms with Crippen molar-refractivity contribution in [3.63, 3.8) is 0 Å². The quantitative estimate of drug-likeness (QED) is 0.634. The second kappa shape index (κ2) is 8.88. The lowest BCUT2D eigenvalue weighted by molar-refractivity contribution is -0.120. The molecule has 1 saturated heterocycles. The van der Waals surface area contributed by atoms with Crippen LogP contribution in [0.2, 0.25) is 5.02 Å². The van der Waals surface area contributed by atoms with Gasteiger partial charge in [0.25, 0.3) is 5.88 Å². The molecule has 0 saturated carbocycles. The second-order valence-electron chi connectivity index (χ2n) is 7.51. The molecule has 4 rings (SSSR count). The van der Waals surface area contributed by atoms with Gasteiger partial charge in [-0.3, -0.25) is 4.79 Å². The zero-order valence-corrected chi connectivity index (χ0v) is 17.9. The van der Waals surface area contributed by atoms with Crippen molar-refractivity contribution in [2.24, 2.45) is 5.92 Å². The molecular formula is C23H25ClN4O2. The first-order valence-electron chi connectivity index (χ1n) is 10.3. The average molecular weight is 425 g/mol. The van der Waals surface area contributed by atoms with Gasteiger partial charge >= 0.3 is 0 Å². The van der Waals surface area contributed by atoms with E-state index in [0.717, 1.165) is 41.7 Å². The highest BCUT2D eigenvalue weighted by atomic mass is 35.5. The highest BCUT2D eigenvalue weighted by molar-refractivity contribution is 6.30. The Kier molecular flexibility index (Phi) is 6.04. The maximum atomic E-state index is 13.0. The monoisotopic (exact) mass is 424 g/mol. The van der Waals surface area contributed by atoms with Crippen LogP contribution in [0.3, 0.4) is 0 Å². The summed E-state index contributed by atoms with van der Waals surface area (Å²) >= 11 is 6.03. The molecule has 1 amide bonds. The number of anilines is 2. The number of hydrogen-bond donors (Lipinski definition) is 1. The fourth-order valence-electron chi connectivity index (χ4n) is 3.80. The van der Waals surface area contributed by atoms with Gasteiger partial charge in [0.05, 0.1) is 23.6 Å². The van der Waals surface area contributed by atoms with Crippen molar-refractivity contribution in [1.29, 1.82) is 0 Å². The van der Waals surface area contributed by atoms with E-state index in [-0.39, 0.29) is 11.8 Å². The van der Waals surface area contributed by atoms with Crippen molar-refractivity contribution in [2.75, 3.05) is 29.9 Å². The van der Waals surface area contributed by atoms with Crippen LogP contribution in [0.25, 0.3) is 11.0 Å². The Morgan fingerprint density at radius 1 is 1.23 bits per heavy atom. The van der Waals surface area contributed by atoms with Gasteiger partial charge in [0, 0.05) is 23.8 Å². The molecule has 2 aromatic carbocycles. The number of aryl methyl sites for hydroxylation is 1. The van der Waals surface area contributed by atoms with E-state index in [4.69, 9.17) is 21.3 Å². The number of fused-ring (bicyclic) bond motifs is 1. The minimum absolute atomic E-state index is 0.0110. The third-order valence-electron chi connectivity index (χ3n) is 5.34. The van der Waals surface area contributed by atoms with E-state index in [2.05, 4.69) is 15.2 Å². The highest BCUT2D eigenvalue weighted by Gasteiger charge is 2.29. The first-order chi connectivity index (χ1) is 14.5. The zero-order valence-electron chi connectivity index (χ0n) is 17.2. The standard InChI is InChI=1S/C23H25ClN4O2/c1-3-30-23-21(25-19-8-4-5-9-20(19)27-23)28-12-6-7-16(14-28)22(29)26-18-11-10-17(24)13-15(18)2/h4-5,8-11,13,16H,3,6-7,12,14H2,1-2H3,(H,26,29)/t16-/m0/s1. The number of piperidine rings is 1. The minimum atomic E-state index is -0.142. The number of carbonyl (C=O) groups is 1. The summed E-state index contributed by atoms with van der Waals surface area (Å²) < 4.78 is 5.79. The van der Waals surface area contributed by atoms with Crippen LogP contribution in [0.15, 0.2) is 42.5 Å². The van der Waals surface area contributed by atoms with E-state index < -0.39 is 0 Å². The molecule has 0 bridgehead atoms. The first kappa shape index (κ1) is 20.4. The van der Waals surface area contributed by atoms with Gasteiger partial charge in [0.15, 0.2) is 5.82 Å². The molecule has 30 heavy (non-hydrogen) atoms. The van der Waals surface area contributed by atoms with Crippen molar-refractivity contribution >= 4 is 40.0 Å². The summed E-state index contributed by atoms with van der Waals surface area (Å²) in [6.45, 7) is 5.77. The molecule has 2 heterocycles. The molecule has 0 radical (unpaired) electrons. The van der Waals surface area contributed by atoms with Gasteiger partial charge in [-0.2, -0.15) is 0 Å². The Balaban J connectivity index is 1.56. The first-order valence-corrected chi connectivity index (χ1v) is 10.6. The molecule has 0 aliphatic carbocycles. The van der Waals surface area contributed by atoms with Crippen LogP contribution in [0.1, 0.15) is 25.3 Å². The maximum Gasteiger partial charge on any atom is 0.258 e. The van der Waals surface area contributed by atoms with Gasteiger partial charge in [0.1, 0.15) is 0 Å². The number of benzene rings is 2. The fraction of sp³-hybridized carbons (Fsp3) is 0.348. The summed E-state index contributed by atoms with van der Waals surface area (Å²) in [5.74, 6) is 1.09. The van der Waals surface area contributed by atoms with E-state index in [1.54, 1.807) is 6.07 Å². The van der Waals surface area contributed by atoms with Gasteiger partial charge in [-0.05, 0) is 62.6 Å². The number of hydrogen-bond acceptors (Lipinski definition) is 5. The van der Waals surface area contributed by atoms with Gasteiger partial charge < -0.3 is 15.0 Å². The number of nitrogens with zero attached hydrogens (tertiary/aromatic N) is 3. The molecule has 6 nitrogen and oxygen atoms in total. The van der Waals surface area contributed by atoms with Crippen LogP contribution in [-0.4, -0.2) is 35.6 Å². The van der Waals surface area contributed by atoms with Gasteiger partial charge in [-0.25, -0.2) is 9.97 Å². The lowest BCUT2D eigenvalue weighted by atomic mass is 9.97. The van der Waals surface area contributed by atoms with E-state index in [1.165, 1.54) is 0 Å². The van der Waals surface area contributed by atoms with E-state index in [1.807, 2.05) is 50.2 Å². The van der Waals surface area contributed by atoms with Crippen LogP contribution in [0, 0.1) is 12.8 Å². The molecule has 1 fully saturated rings. The summed E-state index contributed by atoms with van der Waals surface area (Å²) in [5.41, 5.74) is 3.36. The van der Waals surface area contributed by atoms with Crippen molar-refractivity contribution in [3.05, 3.63) is 53.1 Å². The number of rotatable bonds is 5. The summed E-state index contributed by atoms with van der Waals surface area (Å²) in [5, 5.41) is 3.72. The minimum Gasteiger partial charge on any atom is -0.475 e. The normalized spacial score (nSPS) is 16.5. The predicted octanol–water partition coefficient (Wildman–Crippen LogP) is 4.85. The van der Waals surface area contributed by atoms with E-state index in [9.17, 15) is 4.79 Å². The van der Waals surface area contributed by atoms with Crippen molar-refractivity contribution < 1.29 is 9.53 Å². The number of nitrogens with one attached hydrogen (secondary N) is 1. The van der Waals surface area contributed by atoms with Crippen LogP contribution in [0.4, 0.5) is 11.5 Å². The smallest absolute Gasteiger partial charge is 0.258 e. The molecule has 0 spiro atoms.